The quantitative estimate of drug-likeness (QED) is 0.515. The van der Waals surface area contributed by atoms with Gasteiger partial charge in [0.15, 0.2) is 0 Å². The van der Waals surface area contributed by atoms with Crippen molar-refractivity contribution in [2.24, 2.45) is 5.92 Å². The zero-order chi connectivity index (χ0) is 19.3. The maximum absolute atomic E-state index is 6.18. The lowest BCUT2D eigenvalue weighted by molar-refractivity contribution is 0.574. The summed E-state index contributed by atoms with van der Waals surface area (Å²) in [5, 5.41) is -1.31. The largest absolute Gasteiger partial charge is 0.265 e. The van der Waals surface area contributed by atoms with Crippen LogP contribution in [0.3, 0.4) is 0 Å². The molecular weight excluding hydrogens is 291 g/mol. The first kappa shape index (κ1) is 20.3. The molecule has 0 fully saturated rings. The van der Waals surface area contributed by atoms with Gasteiger partial charge in [0.05, 0.1) is 21.4 Å². The fourth-order valence-electron chi connectivity index (χ4n) is 2.54. The highest BCUT2D eigenvalue weighted by Crippen LogP contribution is 2.22. The van der Waals surface area contributed by atoms with Gasteiger partial charge in [0, 0.05) is 0 Å². The van der Waals surface area contributed by atoms with Crippen LogP contribution in [-0.4, -0.2) is 75.6 Å². The summed E-state index contributed by atoms with van der Waals surface area (Å²) in [6.07, 6.45) is 0. The Kier molecular flexibility index (Phi) is 5.62. The predicted octanol–water partition coefficient (Wildman–Crippen LogP) is -5.55. The van der Waals surface area contributed by atoms with Gasteiger partial charge in [-0.05, 0) is 11.2 Å². The summed E-state index contributed by atoms with van der Waals surface area (Å²) in [7, 11) is 54.3. The maximum atomic E-state index is 6.18. The Balaban J connectivity index is 2.81. The third-order valence-electron chi connectivity index (χ3n) is 4.43. The highest BCUT2D eigenvalue weighted by molar-refractivity contribution is 6.64. The van der Waals surface area contributed by atoms with Crippen molar-refractivity contribution in [3.8, 4) is 11.3 Å². The molecule has 25 heavy (non-hydrogen) atoms. The van der Waals surface area contributed by atoms with Crippen molar-refractivity contribution in [2.45, 2.75) is 19.1 Å². The highest BCUT2D eigenvalue weighted by Gasteiger charge is 2.28. The fraction of sp³-hybridized carbons (Fsp3) is 0.267. The summed E-state index contributed by atoms with van der Waals surface area (Å²) >= 11 is 0. The van der Waals surface area contributed by atoms with Gasteiger partial charge in [-0.2, -0.15) is 0 Å². The summed E-state index contributed by atoms with van der Waals surface area (Å²) in [6, 6.07) is 1.51. The molecule has 0 spiro atoms. The Hall–Kier alpha value is -1.05. The number of benzene rings is 1. The second-order valence-corrected chi connectivity index (χ2v) is 6.39. The number of hydrogen-bond donors (Lipinski definition) is 0. The molecule has 18 radical (unpaired) electrons. The number of aromatic nitrogens is 1. The molecule has 0 aliphatic rings. The van der Waals surface area contributed by atoms with E-state index in [1.54, 1.807) is 0 Å². The average Bonchev–Trinajstić information content (AvgIpc) is 2.52. The molecule has 0 atom stereocenters. The van der Waals surface area contributed by atoms with Crippen LogP contribution in [0.2, 0.25) is 0 Å². The van der Waals surface area contributed by atoms with E-state index in [9.17, 15) is 0 Å². The Morgan fingerprint density at radius 3 is 1.88 bits per heavy atom. The molecular formula is C15H8B9N. The third kappa shape index (κ3) is 3.34. The van der Waals surface area contributed by atoms with E-state index in [0.717, 1.165) is 0 Å². The second-order valence-electron chi connectivity index (χ2n) is 6.39. The van der Waals surface area contributed by atoms with E-state index in [1.807, 2.05) is 13.8 Å². The molecule has 0 amide bonds. The maximum Gasteiger partial charge on any atom is 0.142 e. The molecule has 0 N–H and O–H groups in total. The lowest BCUT2D eigenvalue weighted by atomic mass is 9.43. The molecule has 0 aliphatic carbocycles. The summed E-state index contributed by atoms with van der Waals surface area (Å²) in [5.74, 6) is -0.169. The highest BCUT2D eigenvalue weighted by atomic mass is 14.7. The monoisotopic (exact) mass is 301 g/mol. The van der Waals surface area contributed by atoms with E-state index >= 15 is 0 Å². The molecule has 0 unspecified atom stereocenters. The van der Waals surface area contributed by atoms with Crippen LogP contribution in [0.4, 0.5) is 0 Å². The van der Waals surface area contributed by atoms with Crippen molar-refractivity contribution in [3.05, 3.63) is 11.6 Å². The van der Waals surface area contributed by atoms with Gasteiger partial charge < -0.3 is 0 Å². The molecule has 100 valence electrons. The van der Waals surface area contributed by atoms with Crippen LogP contribution in [0.5, 0.6) is 0 Å². The zero-order valence-corrected chi connectivity index (χ0v) is 14.3. The summed E-state index contributed by atoms with van der Waals surface area (Å²) < 4.78 is 0. The smallest absolute Gasteiger partial charge is 0.142 e. The minimum Gasteiger partial charge on any atom is -0.265 e. The lowest BCUT2D eigenvalue weighted by Gasteiger charge is -2.36. The fourth-order valence-corrected chi connectivity index (χ4v) is 2.54. The van der Waals surface area contributed by atoms with Crippen molar-refractivity contribution < 1.29 is 0 Å². The molecule has 2 aromatic rings. The van der Waals surface area contributed by atoms with E-state index in [4.69, 9.17) is 70.6 Å². The van der Waals surface area contributed by atoms with Gasteiger partial charge in [-0.25, -0.2) is 0 Å². The molecule has 0 saturated carbocycles. The first-order valence-corrected chi connectivity index (χ1v) is 7.57. The van der Waals surface area contributed by atoms with Gasteiger partial charge in [0.25, 0.3) is 0 Å². The minimum absolute atomic E-state index is 0.0498. The van der Waals surface area contributed by atoms with Crippen LogP contribution >= 0.6 is 0 Å². The van der Waals surface area contributed by atoms with Crippen LogP contribution in [0.25, 0.3) is 11.3 Å². The van der Waals surface area contributed by atoms with Gasteiger partial charge >= 0.3 is 0 Å². The molecule has 0 aliphatic heterocycles. The number of pyridine rings is 1. The van der Waals surface area contributed by atoms with Gasteiger partial charge in [0.2, 0.25) is 0 Å². The first-order valence-electron chi connectivity index (χ1n) is 7.57. The Labute approximate surface area is 162 Å². The number of nitrogens with zero attached hydrogens (tertiary/aromatic N) is 1. The molecule has 1 heterocycles. The Bertz CT molecular complexity index is 846. The molecule has 0 bridgehead atoms. The van der Waals surface area contributed by atoms with Gasteiger partial charge in [-0.1, -0.05) is 53.0 Å². The van der Waals surface area contributed by atoms with Crippen LogP contribution < -0.4 is 38.4 Å². The lowest BCUT2D eigenvalue weighted by Crippen LogP contribution is -2.51. The molecule has 10 heteroatoms. The van der Waals surface area contributed by atoms with Gasteiger partial charge in [0.1, 0.15) is 54.9 Å². The summed E-state index contributed by atoms with van der Waals surface area (Å²) in [4.78, 5) is 4.31. The van der Waals surface area contributed by atoms with E-state index in [0.29, 0.717) is 5.56 Å². The van der Waals surface area contributed by atoms with Gasteiger partial charge in [-0.15, -0.1) is 16.4 Å². The molecule has 2 rings (SSSR count). The van der Waals surface area contributed by atoms with Crippen LogP contribution in [0.15, 0.2) is 6.07 Å². The zero-order valence-electron chi connectivity index (χ0n) is 14.3. The van der Waals surface area contributed by atoms with Crippen molar-refractivity contribution in [3.63, 3.8) is 0 Å². The normalized spacial score (nSPS) is 11.8. The average molecular weight is 300 g/mol. The van der Waals surface area contributed by atoms with Crippen molar-refractivity contribution in [1.29, 1.82) is 0 Å². The molecule has 1 nitrogen and oxygen atoms in total. The molecule has 1 aromatic carbocycles. The van der Waals surface area contributed by atoms with E-state index in [1.165, 1.54) is 6.07 Å². The Morgan fingerprint density at radius 2 is 1.36 bits per heavy atom. The summed E-state index contributed by atoms with van der Waals surface area (Å²) in [5.41, 5.74) is 1.91. The Morgan fingerprint density at radius 1 is 0.800 bits per heavy atom. The minimum atomic E-state index is -1.31. The van der Waals surface area contributed by atoms with Crippen molar-refractivity contribution >= 4 is 109 Å². The third-order valence-corrected chi connectivity index (χ3v) is 4.43. The van der Waals surface area contributed by atoms with E-state index in [2.05, 4.69) is 4.98 Å². The van der Waals surface area contributed by atoms with E-state index in [-0.39, 0.29) is 55.5 Å². The first-order chi connectivity index (χ1) is 11.4. The molecule has 0 saturated heterocycles. The van der Waals surface area contributed by atoms with Crippen LogP contribution in [-0.2, 0) is 5.21 Å². The van der Waals surface area contributed by atoms with Crippen LogP contribution in [0, 0.1) is 5.92 Å². The predicted molar refractivity (Wildman–Crippen MR) is 115 cm³/mol. The number of hydrogen-bond acceptors (Lipinski definition) is 1. The second kappa shape index (κ2) is 6.93. The molecule has 1 aromatic heterocycles. The van der Waals surface area contributed by atoms with E-state index < -0.39 is 5.21 Å². The van der Waals surface area contributed by atoms with Crippen molar-refractivity contribution in [1.82, 2.24) is 4.98 Å². The summed E-state index contributed by atoms with van der Waals surface area (Å²) in [6.45, 7) is 3.67. The number of rotatable bonds is 3. The SMILES string of the molecule is [B]c1cc(-c2nc([B])c(C([B])([B])C(C)C)c([B])c2[B])c([B])c([B])c1[B]. The topological polar surface area (TPSA) is 12.9 Å². The van der Waals surface area contributed by atoms with Crippen molar-refractivity contribution in [2.75, 3.05) is 0 Å². The van der Waals surface area contributed by atoms with Crippen LogP contribution in [0.1, 0.15) is 19.4 Å². The standard InChI is InChI=1S/C15H8B9N/c1-4(2)15(23,24)7-10(19)12(21)13(25-14(7)22)5-3-6(16)9(18)11(20)8(5)17/h3-4H,1-2H3. The van der Waals surface area contributed by atoms with Gasteiger partial charge in [-0.3, -0.25) is 4.98 Å².